The Morgan fingerprint density at radius 1 is 1.24 bits per heavy atom. The number of halogens is 3. The molecule has 3 rings (SSSR count). The molecule has 5 N–H and O–H groups in total. The van der Waals surface area contributed by atoms with Crippen LogP contribution in [-0.2, 0) is 14.8 Å². The normalized spacial score (nSPS) is 16.1. The van der Waals surface area contributed by atoms with E-state index < -0.39 is 38.6 Å². The number of aliphatic carboxylic acids is 1. The lowest BCUT2D eigenvalue weighted by Crippen LogP contribution is -2.48. The summed E-state index contributed by atoms with van der Waals surface area (Å²) in [6.45, 7) is 0.148. The number of nitrogens with zero attached hydrogens (tertiary/aromatic N) is 3. The summed E-state index contributed by atoms with van der Waals surface area (Å²) < 4.78 is 25.9. The Balaban J connectivity index is 1.92. The average molecular weight is 548 g/mol. The topological polar surface area (TPSA) is 170 Å². The molecule has 180 valence electrons. The molecule has 1 heterocycles. The number of carboxylic acids is 1. The van der Waals surface area contributed by atoms with E-state index in [2.05, 4.69) is 10.1 Å². The molecule has 0 unspecified atom stereocenters. The number of anilines is 2. The first-order valence-corrected chi connectivity index (χ1v) is 12.1. The fourth-order valence-corrected chi connectivity index (χ4v) is 5.45. The minimum absolute atomic E-state index is 0.00339. The highest BCUT2D eigenvalue weighted by Gasteiger charge is 2.35. The Morgan fingerprint density at radius 3 is 2.59 bits per heavy atom. The molecule has 11 nitrogen and oxygen atoms in total. The zero-order valence-corrected chi connectivity index (χ0v) is 20.2. The summed E-state index contributed by atoms with van der Waals surface area (Å²) in [5, 5.41) is 41.0. The van der Waals surface area contributed by atoms with Crippen molar-refractivity contribution in [3.05, 3.63) is 45.4 Å². The second-order valence-electron chi connectivity index (χ2n) is 7.04. The van der Waals surface area contributed by atoms with Gasteiger partial charge in [-0.3, -0.25) is 10.2 Å². The van der Waals surface area contributed by atoms with E-state index in [9.17, 15) is 28.7 Å². The van der Waals surface area contributed by atoms with Crippen molar-refractivity contribution < 1.29 is 23.4 Å². The number of sulfonamides is 1. The van der Waals surface area contributed by atoms with E-state index in [4.69, 9.17) is 40.2 Å². The average Bonchev–Trinajstić information content (AvgIpc) is 3.21. The Hall–Kier alpha value is -2.79. The van der Waals surface area contributed by atoms with Crippen LogP contribution in [0, 0.1) is 16.9 Å². The first-order chi connectivity index (χ1) is 16.0. The van der Waals surface area contributed by atoms with Crippen LogP contribution in [0.4, 0.5) is 11.4 Å². The smallest absolute Gasteiger partial charge is 0.322 e. The molecule has 0 bridgehead atoms. The van der Waals surface area contributed by atoms with Crippen LogP contribution in [0.15, 0.2) is 35.2 Å². The molecule has 0 spiro atoms. The minimum atomic E-state index is -4.52. The maximum atomic E-state index is 13.0. The van der Waals surface area contributed by atoms with Crippen LogP contribution < -0.4 is 15.0 Å². The lowest BCUT2D eigenvalue weighted by Gasteiger charge is -2.23. The van der Waals surface area contributed by atoms with Gasteiger partial charge in [0.15, 0.2) is 11.9 Å². The number of phenols is 1. The molecule has 1 fully saturated rings. The predicted molar refractivity (Wildman–Crippen MR) is 127 cm³/mol. The molecule has 34 heavy (non-hydrogen) atoms. The lowest BCUT2D eigenvalue weighted by molar-refractivity contribution is -0.142. The first-order valence-electron chi connectivity index (χ1n) is 9.50. The third-order valence-electron chi connectivity index (χ3n) is 4.88. The number of nitriles is 1. The van der Waals surface area contributed by atoms with Crippen LogP contribution in [0.2, 0.25) is 15.1 Å². The zero-order chi connectivity index (χ0) is 25.2. The van der Waals surface area contributed by atoms with Crippen molar-refractivity contribution >= 4 is 68.1 Å². The second kappa shape index (κ2) is 10.2. The number of carbonyl (C=O) groups is 1. The van der Waals surface area contributed by atoms with Crippen LogP contribution in [0.5, 0.6) is 5.75 Å². The quantitative estimate of drug-likeness (QED) is 0.119. The third-order valence-corrected chi connectivity index (χ3v) is 7.54. The number of rotatable bonds is 6. The highest BCUT2D eigenvalue weighted by atomic mass is 35.5. The molecular formula is C19H17Cl3N6O5S. The molecule has 2 aromatic carbocycles. The number of hydrogen-bond acceptors (Lipinski definition) is 7. The summed E-state index contributed by atoms with van der Waals surface area (Å²) in [4.78, 5) is 13.6. The van der Waals surface area contributed by atoms with Crippen molar-refractivity contribution in [3.8, 4) is 11.9 Å². The monoisotopic (exact) mass is 546 g/mol. The van der Waals surface area contributed by atoms with Gasteiger partial charge in [-0.15, -0.1) is 4.83 Å². The summed E-state index contributed by atoms with van der Waals surface area (Å²) >= 11 is 18.1. The fourth-order valence-electron chi connectivity index (χ4n) is 3.31. The molecule has 1 atom stereocenters. The van der Waals surface area contributed by atoms with E-state index in [1.807, 2.05) is 0 Å². The minimum Gasteiger partial charge on any atom is -0.504 e. The van der Waals surface area contributed by atoms with Crippen molar-refractivity contribution in [1.29, 1.82) is 10.7 Å². The number of phenolic OH excluding ortho intramolecular Hbond substituents is 1. The van der Waals surface area contributed by atoms with Crippen LogP contribution in [0.3, 0.4) is 0 Å². The van der Waals surface area contributed by atoms with Crippen molar-refractivity contribution in [3.63, 3.8) is 0 Å². The molecule has 15 heteroatoms. The summed E-state index contributed by atoms with van der Waals surface area (Å²) in [6.07, 6.45) is 2.44. The van der Waals surface area contributed by atoms with E-state index in [-0.39, 0.29) is 39.4 Å². The van der Waals surface area contributed by atoms with Gasteiger partial charge >= 0.3 is 5.97 Å². The lowest BCUT2D eigenvalue weighted by atomic mass is 10.2. The number of aromatic hydroxyl groups is 1. The van der Waals surface area contributed by atoms with E-state index in [1.54, 1.807) is 6.19 Å². The Kier molecular flexibility index (Phi) is 7.77. The van der Waals surface area contributed by atoms with Gasteiger partial charge in [-0.25, -0.2) is 18.3 Å². The van der Waals surface area contributed by atoms with Gasteiger partial charge in [0.05, 0.1) is 26.4 Å². The molecule has 1 aliphatic heterocycles. The van der Waals surface area contributed by atoms with Gasteiger partial charge in [0.1, 0.15) is 10.9 Å². The first kappa shape index (κ1) is 25.8. The largest absolute Gasteiger partial charge is 0.504 e. The maximum Gasteiger partial charge on any atom is 0.322 e. The van der Waals surface area contributed by atoms with Crippen LogP contribution >= 0.6 is 34.8 Å². The number of guanidine groups is 1. The number of nitrogens with one attached hydrogen (secondary N) is 3. The number of hydrogen-bond donors (Lipinski definition) is 5. The third kappa shape index (κ3) is 5.15. The SMILES string of the molecule is N#CN(C(=N)Nc1ccc(Cl)c(S(=O)(=O)NN2CCC[C@H]2C(=O)O)c1O)c1cccc(Cl)c1Cl. The molecule has 0 aliphatic carbocycles. The summed E-state index contributed by atoms with van der Waals surface area (Å²) in [7, 11) is -4.52. The standard InChI is InChI=1S/C19H17Cl3N6O5S/c20-10-3-1-4-13(15(10)22)27(9-23)19(24)25-12-7-6-11(21)17(16(12)29)34(32,33)26-28-8-2-5-14(28)18(30)31/h1,3-4,6-7,14,26,29H,2,5,8H2,(H2,24,25)(H,30,31)/t14-/m0/s1. The summed E-state index contributed by atoms with van der Waals surface area (Å²) in [5.74, 6) is -2.62. The van der Waals surface area contributed by atoms with Gasteiger partial charge in [0.2, 0.25) is 5.96 Å². The van der Waals surface area contributed by atoms with Crippen molar-refractivity contribution in [1.82, 2.24) is 9.84 Å². The van der Waals surface area contributed by atoms with Gasteiger partial charge in [-0.2, -0.15) is 5.26 Å². The van der Waals surface area contributed by atoms with Crippen LogP contribution in [0.1, 0.15) is 12.8 Å². The van der Waals surface area contributed by atoms with Crippen molar-refractivity contribution in [2.45, 2.75) is 23.8 Å². The van der Waals surface area contributed by atoms with Gasteiger partial charge < -0.3 is 15.5 Å². The van der Waals surface area contributed by atoms with E-state index >= 15 is 0 Å². The van der Waals surface area contributed by atoms with Crippen molar-refractivity contribution in [2.24, 2.45) is 0 Å². The molecule has 1 aliphatic rings. The number of carboxylic acid groups (broad SMARTS) is 1. The van der Waals surface area contributed by atoms with Crippen molar-refractivity contribution in [2.75, 3.05) is 16.8 Å². The molecule has 0 radical (unpaired) electrons. The Bertz CT molecular complexity index is 1300. The number of hydrazine groups is 1. The van der Waals surface area contributed by atoms with Gasteiger partial charge in [0.25, 0.3) is 10.0 Å². The summed E-state index contributed by atoms with van der Waals surface area (Å²) in [5.41, 5.74) is -0.185. The predicted octanol–water partition coefficient (Wildman–Crippen LogP) is 3.43. The molecule has 2 aromatic rings. The number of benzene rings is 2. The second-order valence-corrected chi connectivity index (χ2v) is 9.83. The Morgan fingerprint density at radius 2 is 1.94 bits per heavy atom. The maximum absolute atomic E-state index is 13.0. The summed E-state index contributed by atoms with van der Waals surface area (Å²) in [6, 6.07) is 5.73. The van der Waals surface area contributed by atoms with Gasteiger partial charge in [-0.1, -0.05) is 40.9 Å². The highest BCUT2D eigenvalue weighted by Crippen LogP contribution is 2.38. The molecule has 0 aromatic heterocycles. The van der Waals surface area contributed by atoms with E-state index in [0.717, 1.165) is 16.0 Å². The Labute approximate surface area is 209 Å². The molecular weight excluding hydrogens is 531 g/mol. The molecule has 1 saturated heterocycles. The van der Waals surface area contributed by atoms with Crippen LogP contribution in [-0.4, -0.2) is 48.2 Å². The van der Waals surface area contributed by atoms with E-state index in [1.165, 1.54) is 24.3 Å². The van der Waals surface area contributed by atoms with Crippen LogP contribution in [0.25, 0.3) is 0 Å². The fraction of sp³-hybridized carbons (Fsp3) is 0.211. The van der Waals surface area contributed by atoms with Gasteiger partial charge in [0, 0.05) is 6.54 Å². The van der Waals surface area contributed by atoms with E-state index in [0.29, 0.717) is 6.42 Å². The molecule has 0 amide bonds. The van der Waals surface area contributed by atoms with Gasteiger partial charge in [-0.05, 0) is 37.1 Å². The zero-order valence-electron chi connectivity index (χ0n) is 17.1. The molecule has 0 saturated carbocycles. The highest BCUT2D eigenvalue weighted by molar-refractivity contribution is 7.89.